The summed E-state index contributed by atoms with van der Waals surface area (Å²) in [5.74, 6) is -1.10. The maximum absolute atomic E-state index is 12.0. The Bertz CT molecular complexity index is 393. The van der Waals surface area contributed by atoms with Crippen LogP contribution in [0.3, 0.4) is 0 Å². The maximum Gasteiger partial charge on any atom is 0.317 e. The minimum Gasteiger partial charge on any atom is -0.481 e. The molecule has 6 heteroatoms. The molecule has 0 fully saturated rings. The highest BCUT2D eigenvalue weighted by molar-refractivity contribution is 5.76. The van der Waals surface area contributed by atoms with Crippen molar-refractivity contribution in [1.29, 1.82) is 0 Å². The van der Waals surface area contributed by atoms with Gasteiger partial charge in [-0.1, -0.05) is 19.9 Å². The van der Waals surface area contributed by atoms with Gasteiger partial charge in [0.1, 0.15) is 0 Å². The number of nitrogens with one attached hydrogen (secondary N) is 1. The van der Waals surface area contributed by atoms with Gasteiger partial charge in [0.25, 0.3) is 0 Å². The highest BCUT2D eigenvalue weighted by Gasteiger charge is 2.22. The molecule has 120 valence electrons. The number of carboxylic acid groups (broad SMARTS) is 1. The third kappa shape index (κ3) is 6.16. The molecular formula is C15H26N2O4. The van der Waals surface area contributed by atoms with Crippen molar-refractivity contribution in [3.63, 3.8) is 0 Å². The molecule has 1 aliphatic rings. The van der Waals surface area contributed by atoms with Crippen LogP contribution in [0.5, 0.6) is 0 Å². The third-order valence-corrected chi connectivity index (χ3v) is 3.52. The number of ether oxygens (including phenoxy) is 1. The largest absolute Gasteiger partial charge is 0.481 e. The fraction of sp³-hybridized carbons (Fsp3) is 0.733. The normalized spacial score (nSPS) is 16.6. The van der Waals surface area contributed by atoms with Crippen molar-refractivity contribution in [2.75, 3.05) is 33.4 Å². The van der Waals surface area contributed by atoms with Crippen molar-refractivity contribution in [1.82, 2.24) is 10.2 Å². The summed E-state index contributed by atoms with van der Waals surface area (Å²) in [6, 6.07) is -0.197. The molecule has 2 N–H and O–H groups in total. The van der Waals surface area contributed by atoms with E-state index in [4.69, 9.17) is 9.84 Å². The van der Waals surface area contributed by atoms with Crippen LogP contribution in [-0.2, 0) is 9.53 Å². The van der Waals surface area contributed by atoms with E-state index in [1.807, 2.05) is 19.9 Å². The molecule has 1 aliphatic heterocycles. The molecule has 1 atom stereocenters. The van der Waals surface area contributed by atoms with E-state index in [0.717, 1.165) is 6.42 Å². The zero-order valence-corrected chi connectivity index (χ0v) is 13.1. The fourth-order valence-electron chi connectivity index (χ4n) is 2.37. The van der Waals surface area contributed by atoms with Gasteiger partial charge >= 0.3 is 12.0 Å². The van der Waals surface area contributed by atoms with Crippen LogP contribution in [0.2, 0.25) is 0 Å². The summed E-state index contributed by atoms with van der Waals surface area (Å²) in [5, 5.41) is 11.9. The lowest BCUT2D eigenvalue weighted by atomic mass is 9.97. The van der Waals surface area contributed by atoms with E-state index in [9.17, 15) is 9.59 Å². The average molecular weight is 298 g/mol. The molecule has 1 unspecified atom stereocenters. The Morgan fingerprint density at radius 1 is 1.48 bits per heavy atom. The molecule has 0 aromatic carbocycles. The average Bonchev–Trinajstić information content (AvgIpc) is 2.43. The van der Waals surface area contributed by atoms with Crippen LogP contribution in [0.4, 0.5) is 4.79 Å². The zero-order chi connectivity index (χ0) is 15.8. The van der Waals surface area contributed by atoms with Gasteiger partial charge in [0.05, 0.1) is 12.5 Å². The fourth-order valence-corrected chi connectivity index (χ4v) is 2.37. The molecule has 6 nitrogen and oxygen atoms in total. The van der Waals surface area contributed by atoms with Crippen LogP contribution in [0.25, 0.3) is 0 Å². The number of urea groups is 1. The minimum atomic E-state index is -0.857. The molecule has 1 heterocycles. The molecular weight excluding hydrogens is 272 g/mol. The second-order valence-corrected chi connectivity index (χ2v) is 5.84. The molecule has 0 spiro atoms. The van der Waals surface area contributed by atoms with Gasteiger partial charge in [0.2, 0.25) is 0 Å². The number of amides is 2. The summed E-state index contributed by atoms with van der Waals surface area (Å²) in [4.78, 5) is 24.9. The van der Waals surface area contributed by atoms with Gasteiger partial charge in [-0.15, -0.1) is 0 Å². The predicted octanol–water partition coefficient (Wildman–Crippen LogP) is 1.72. The topological polar surface area (TPSA) is 78.9 Å². The summed E-state index contributed by atoms with van der Waals surface area (Å²) >= 11 is 0. The number of hydrogen-bond acceptors (Lipinski definition) is 3. The number of nitrogens with zero attached hydrogens (tertiary/aromatic N) is 1. The highest BCUT2D eigenvalue weighted by Crippen LogP contribution is 2.13. The Labute approximate surface area is 126 Å². The van der Waals surface area contributed by atoms with Crippen LogP contribution >= 0.6 is 0 Å². The van der Waals surface area contributed by atoms with Crippen LogP contribution in [0.1, 0.15) is 26.7 Å². The lowest BCUT2D eigenvalue weighted by Gasteiger charge is -2.27. The van der Waals surface area contributed by atoms with Gasteiger partial charge in [-0.05, 0) is 24.3 Å². The molecule has 1 rings (SSSR count). The van der Waals surface area contributed by atoms with E-state index in [2.05, 4.69) is 5.32 Å². The van der Waals surface area contributed by atoms with E-state index in [1.54, 1.807) is 12.0 Å². The molecule has 0 saturated heterocycles. The molecule has 0 aliphatic carbocycles. The Morgan fingerprint density at radius 3 is 2.67 bits per heavy atom. The van der Waals surface area contributed by atoms with Crippen molar-refractivity contribution in [2.45, 2.75) is 26.7 Å². The van der Waals surface area contributed by atoms with E-state index in [1.165, 1.54) is 5.57 Å². The first-order valence-electron chi connectivity index (χ1n) is 7.36. The summed E-state index contributed by atoms with van der Waals surface area (Å²) in [6.45, 7) is 5.92. The van der Waals surface area contributed by atoms with Crippen LogP contribution in [0.15, 0.2) is 11.6 Å². The van der Waals surface area contributed by atoms with Gasteiger partial charge < -0.3 is 20.1 Å². The SMILES string of the molecule is COCC1=CCN(C(=O)NCC(CC(C)C)C(=O)O)CC1. The Morgan fingerprint density at radius 2 is 2.19 bits per heavy atom. The first kappa shape index (κ1) is 17.5. The molecule has 0 aromatic heterocycles. The summed E-state index contributed by atoms with van der Waals surface area (Å²) in [6.07, 6.45) is 3.36. The smallest absolute Gasteiger partial charge is 0.317 e. The maximum atomic E-state index is 12.0. The zero-order valence-electron chi connectivity index (χ0n) is 13.1. The monoisotopic (exact) mass is 298 g/mol. The van der Waals surface area contributed by atoms with Gasteiger partial charge in [-0.2, -0.15) is 0 Å². The highest BCUT2D eigenvalue weighted by atomic mass is 16.5. The van der Waals surface area contributed by atoms with Gasteiger partial charge in [-0.3, -0.25) is 4.79 Å². The number of hydrogen-bond donors (Lipinski definition) is 2. The van der Waals surface area contributed by atoms with E-state index >= 15 is 0 Å². The second kappa shape index (κ2) is 8.67. The quantitative estimate of drug-likeness (QED) is 0.701. The van der Waals surface area contributed by atoms with Gasteiger partial charge in [-0.25, -0.2) is 4.79 Å². The standard InChI is InChI=1S/C15H26N2O4/c1-11(2)8-13(14(18)19)9-16-15(20)17-6-4-12(5-7-17)10-21-3/h4,11,13H,5-10H2,1-3H3,(H,16,20)(H,18,19). The number of carboxylic acids is 1. The van der Waals surface area contributed by atoms with Crippen LogP contribution in [-0.4, -0.2) is 55.4 Å². The van der Waals surface area contributed by atoms with E-state index in [-0.39, 0.29) is 18.5 Å². The first-order chi connectivity index (χ1) is 9.93. The van der Waals surface area contributed by atoms with Crippen molar-refractivity contribution in [3.05, 3.63) is 11.6 Å². The summed E-state index contributed by atoms with van der Waals surface area (Å²) < 4.78 is 5.07. The number of aliphatic carboxylic acids is 1. The van der Waals surface area contributed by atoms with Crippen molar-refractivity contribution >= 4 is 12.0 Å². The first-order valence-corrected chi connectivity index (χ1v) is 7.36. The van der Waals surface area contributed by atoms with Crippen LogP contribution < -0.4 is 5.32 Å². The minimum absolute atomic E-state index is 0.178. The number of carbonyl (C=O) groups excluding carboxylic acids is 1. The van der Waals surface area contributed by atoms with Crippen molar-refractivity contribution in [2.24, 2.45) is 11.8 Å². The Hall–Kier alpha value is -1.56. The second-order valence-electron chi connectivity index (χ2n) is 5.84. The van der Waals surface area contributed by atoms with Crippen molar-refractivity contribution in [3.8, 4) is 0 Å². The summed E-state index contributed by atoms with van der Waals surface area (Å²) in [5.41, 5.74) is 1.20. The molecule has 0 aromatic rings. The Balaban J connectivity index is 2.41. The van der Waals surface area contributed by atoms with E-state index in [0.29, 0.717) is 26.1 Å². The molecule has 2 amide bonds. The lowest BCUT2D eigenvalue weighted by Crippen LogP contribution is -2.45. The number of rotatable bonds is 7. The summed E-state index contributed by atoms with van der Waals surface area (Å²) in [7, 11) is 1.65. The van der Waals surface area contributed by atoms with Crippen molar-refractivity contribution < 1.29 is 19.4 Å². The number of carbonyl (C=O) groups is 2. The third-order valence-electron chi connectivity index (χ3n) is 3.52. The predicted molar refractivity (Wildman–Crippen MR) is 80.1 cm³/mol. The Kier molecular flexibility index (Phi) is 7.22. The van der Waals surface area contributed by atoms with Crippen LogP contribution in [0, 0.1) is 11.8 Å². The molecule has 0 bridgehead atoms. The molecule has 0 saturated carbocycles. The molecule has 21 heavy (non-hydrogen) atoms. The lowest BCUT2D eigenvalue weighted by molar-refractivity contribution is -0.142. The van der Waals surface area contributed by atoms with E-state index < -0.39 is 11.9 Å². The van der Waals surface area contributed by atoms with Gasteiger partial charge in [0.15, 0.2) is 0 Å². The molecule has 0 radical (unpaired) electrons. The van der Waals surface area contributed by atoms with Gasteiger partial charge in [0, 0.05) is 26.7 Å². The number of methoxy groups -OCH3 is 1.